The molecule has 0 bridgehead atoms. The molecule has 1 aromatic rings. The maximum atomic E-state index is 11.0. The highest BCUT2D eigenvalue weighted by Crippen LogP contribution is 2.36. The fourth-order valence-corrected chi connectivity index (χ4v) is 2.29. The van der Waals surface area contributed by atoms with Crippen molar-refractivity contribution >= 4 is 5.97 Å². The monoisotopic (exact) mass is 250 g/mol. The number of carboxylic acid groups (broad SMARTS) is 1. The predicted molar refractivity (Wildman–Crippen MR) is 71.9 cm³/mol. The Bertz CT molecular complexity index is 441. The first kappa shape index (κ1) is 14.7. The number of rotatable bonds is 3. The third kappa shape index (κ3) is 2.91. The molecule has 0 saturated heterocycles. The highest BCUT2D eigenvalue weighted by Gasteiger charge is 2.38. The summed E-state index contributed by atoms with van der Waals surface area (Å²) in [6.45, 7) is 9.79. The second-order valence-corrected chi connectivity index (χ2v) is 6.38. The van der Waals surface area contributed by atoms with Crippen LogP contribution in [0.4, 0.5) is 0 Å². The third-order valence-corrected chi connectivity index (χ3v) is 3.36. The Kier molecular flexibility index (Phi) is 3.86. The van der Waals surface area contributed by atoms with E-state index in [2.05, 4.69) is 0 Å². The molecule has 3 heteroatoms. The summed E-state index contributed by atoms with van der Waals surface area (Å²) in [5.74, 6) is -0.946. The molecule has 0 amide bonds. The second kappa shape index (κ2) is 4.73. The highest BCUT2D eigenvalue weighted by atomic mass is 16.4. The Labute approximate surface area is 108 Å². The lowest BCUT2D eigenvalue weighted by atomic mass is 9.69. The maximum absolute atomic E-state index is 11.0. The van der Waals surface area contributed by atoms with Gasteiger partial charge in [0.05, 0.1) is 11.7 Å². The standard InChI is InChI=1S/C15H22O3/c1-14(2,3)13(18)15(4,5)11-8-6-7-10(9-11)12(16)17/h6-9,13,18H,1-5H3,(H,16,17). The molecule has 3 nitrogen and oxygen atoms in total. The van der Waals surface area contributed by atoms with Crippen LogP contribution in [0, 0.1) is 5.41 Å². The van der Waals surface area contributed by atoms with Crippen LogP contribution in [0.25, 0.3) is 0 Å². The molecule has 100 valence electrons. The van der Waals surface area contributed by atoms with Gasteiger partial charge in [0, 0.05) is 5.41 Å². The Hall–Kier alpha value is -1.35. The molecule has 2 N–H and O–H groups in total. The molecule has 0 aliphatic heterocycles. The molecule has 1 aromatic carbocycles. The smallest absolute Gasteiger partial charge is 0.335 e. The summed E-state index contributed by atoms with van der Waals surface area (Å²) in [4.78, 5) is 11.0. The van der Waals surface area contributed by atoms with Gasteiger partial charge in [-0.1, -0.05) is 46.8 Å². The molecule has 0 heterocycles. The van der Waals surface area contributed by atoms with Crippen molar-refractivity contribution in [2.75, 3.05) is 0 Å². The average molecular weight is 250 g/mol. The summed E-state index contributed by atoms with van der Waals surface area (Å²) in [6.07, 6.45) is -0.561. The van der Waals surface area contributed by atoms with Crippen molar-refractivity contribution < 1.29 is 15.0 Å². The second-order valence-electron chi connectivity index (χ2n) is 6.38. The minimum Gasteiger partial charge on any atom is -0.478 e. The molecule has 0 aromatic heterocycles. The van der Waals surface area contributed by atoms with E-state index in [1.807, 2.05) is 40.7 Å². The molecule has 18 heavy (non-hydrogen) atoms. The summed E-state index contributed by atoms with van der Waals surface area (Å²) in [7, 11) is 0. The molecule has 1 rings (SSSR count). The van der Waals surface area contributed by atoms with Gasteiger partial charge in [-0.05, 0) is 23.1 Å². The van der Waals surface area contributed by atoms with Crippen LogP contribution in [0.1, 0.15) is 50.5 Å². The van der Waals surface area contributed by atoms with Crippen molar-refractivity contribution in [1.82, 2.24) is 0 Å². The van der Waals surface area contributed by atoms with Crippen LogP contribution in [0.15, 0.2) is 24.3 Å². The van der Waals surface area contributed by atoms with Crippen LogP contribution in [-0.2, 0) is 5.41 Å². The maximum Gasteiger partial charge on any atom is 0.335 e. The van der Waals surface area contributed by atoms with E-state index >= 15 is 0 Å². The summed E-state index contributed by atoms with van der Waals surface area (Å²) < 4.78 is 0. The van der Waals surface area contributed by atoms with E-state index in [4.69, 9.17) is 5.11 Å². The summed E-state index contributed by atoms with van der Waals surface area (Å²) in [5, 5.41) is 19.5. The van der Waals surface area contributed by atoms with Crippen molar-refractivity contribution in [2.24, 2.45) is 5.41 Å². The molecule has 1 atom stereocenters. The zero-order chi connectivity index (χ0) is 14.1. The first-order valence-electron chi connectivity index (χ1n) is 6.08. The van der Waals surface area contributed by atoms with Gasteiger partial charge in [0.1, 0.15) is 0 Å². The number of hydrogen-bond donors (Lipinski definition) is 2. The number of benzene rings is 1. The molecule has 0 aliphatic rings. The average Bonchev–Trinajstić information content (AvgIpc) is 2.27. The van der Waals surface area contributed by atoms with E-state index in [9.17, 15) is 9.90 Å². The Morgan fingerprint density at radius 2 is 1.72 bits per heavy atom. The van der Waals surface area contributed by atoms with E-state index in [-0.39, 0.29) is 11.0 Å². The van der Waals surface area contributed by atoms with Crippen molar-refractivity contribution in [3.8, 4) is 0 Å². The van der Waals surface area contributed by atoms with Gasteiger partial charge in [-0.2, -0.15) is 0 Å². The van der Waals surface area contributed by atoms with E-state index in [0.29, 0.717) is 0 Å². The number of carbonyl (C=O) groups is 1. The van der Waals surface area contributed by atoms with Gasteiger partial charge in [0.15, 0.2) is 0 Å². The van der Waals surface area contributed by atoms with Gasteiger partial charge in [0.2, 0.25) is 0 Å². The van der Waals surface area contributed by atoms with E-state index in [1.54, 1.807) is 18.2 Å². The predicted octanol–water partition coefficient (Wildman–Crippen LogP) is 3.07. The fourth-order valence-electron chi connectivity index (χ4n) is 2.29. The molecule has 0 saturated carbocycles. The van der Waals surface area contributed by atoms with Crippen molar-refractivity contribution in [3.63, 3.8) is 0 Å². The molecule has 1 unspecified atom stereocenters. The quantitative estimate of drug-likeness (QED) is 0.866. The molecular weight excluding hydrogens is 228 g/mol. The number of aromatic carboxylic acids is 1. The number of aliphatic hydroxyl groups is 1. The minimum atomic E-state index is -0.946. The van der Waals surface area contributed by atoms with Gasteiger partial charge in [-0.3, -0.25) is 0 Å². The topological polar surface area (TPSA) is 57.5 Å². The zero-order valence-corrected chi connectivity index (χ0v) is 11.7. The number of carboxylic acids is 1. The number of hydrogen-bond acceptors (Lipinski definition) is 2. The molecule has 0 fully saturated rings. The van der Waals surface area contributed by atoms with Gasteiger partial charge >= 0.3 is 5.97 Å². The molecule has 0 radical (unpaired) electrons. The Balaban J connectivity index is 3.20. The largest absolute Gasteiger partial charge is 0.478 e. The van der Waals surface area contributed by atoms with Gasteiger partial charge in [-0.15, -0.1) is 0 Å². The SMILES string of the molecule is CC(C)(C)C(O)C(C)(C)c1cccc(C(=O)O)c1. The van der Waals surface area contributed by atoms with Crippen LogP contribution in [-0.4, -0.2) is 22.3 Å². The van der Waals surface area contributed by atoms with Crippen molar-refractivity contribution in [3.05, 3.63) is 35.4 Å². The first-order valence-corrected chi connectivity index (χ1v) is 6.08. The third-order valence-electron chi connectivity index (χ3n) is 3.36. The molecular formula is C15H22O3. The Morgan fingerprint density at radius 1 is 1.17 bits per heavy atom. The summed E-state index contributed by atoms with van der Waals surface area (Å²) in [5.41, 5.74) is 0.332. The lowest BCUT2D eigenvalue weighted by Gasteiger charge is -2.39. The summed E-state index contributed by atoms with van der Waals surface area (Å²) in [6, 6.07) is 6.78. The van der Waals surface area contributed by atoms with Crippen LogP contribution in [0.5, 0.6) is 0 Å². The van der Waals surface area contributed by atoms with Gasteiger partial charge < -0.3 is 10.2 Å². The molecule has 0 spiro atoms. The van der Waals surface area contributed by atoms with E-state index < -0.39 is 17.5 Å². The summed E-state index contributed by atoms with van der Waals surface area (Å²) >= 11 is 0. The number of aliphatic hydroxyl groups excluding tert-OH is 1. The van der Waals surface area contributed by atoms with Crippen molar-refractivity contribution in [2.45, 2.75) is 46.1 Å². The normalized spacial score (nSPS) is 14.3. The van der Waals surface area contributed by atoms with Crippen molar-refractivity contribution in [1.29, 1.82) is 0 Å². The van der Waals surface area contributed by atoms with E-state index in [0.717, 1.165) is 5.56 Å². The lowest BCUT2D eigenvalue weighted by Crippen LogP contribution is -2.43. The van der Waals surface area contributed by atoms with E-state index in [1.165, 1.54) is 0 Å². The zero-order valence-electron chi connectivity index (χ0n) is 11.7. The molecule has 0 aliphatic carbocycles. The first-order chi connectivity index (χ1) is 8.06. The van der Waals surface area contributed by atoms with Gasteiger partial charge in [0.25, 0.3) is 0 Å². The van der Waals surface area contributed by atoms with Gasteiger partial charge in [-0.25, -0.2) is 4.79 Å². The lowest BCUT2D eigenvalue weighted by molar-refractivity contribution is 0.00541. The highest BCUT2D eigenvalue weighted by molar-refractivity contribution is 5.87. The Morgan fingerprint density at radius 3 is 2.17 bits per heavy atom. The van der Waals surface area contributed by atoms with Crippen LogP contribution >= 0.6 is 0 Å². The van der Waals surface area contributed by atoms with Crippen LogP contribution in [0.2, 0.25) is 0 Å². The minimum absolute atomic E-state index is 0.252. The van der Waals surface area contributed by atoms with Crippen LogP contribution in [0.3, 0.4) is 0 Å². The fraction of sp³-hybridized carbons (Fsp3) is 0.533. The van der Waals surface area contributed by atoms with Crippen LogP contribution < -0.4 is 0 Å².